The molecule has 0 aromatic heterocycles. The van der Waals surface area contributed by atoms with Gasteiger partial charge in [-0.05, 0) is 38.0 Å². The average Bonchev–Trinajstić information content (AvgIpc) is 2.99. The predicted octanol–water partition coefficient (Wildman–Crippen LogP) is 2.07. The molecule has 3 aliphatic heterocycles. The number of nitrogens with zero attached hydrogens (tertiary/aromatic N) is 1. The van der Waals surface area contributed by atoms with Gasteiger partial charge in [0.05, 0.1) is 13.2 Å². The van der Waals surface area contributed by atoms with Gasteiger partial charge in [-0.15, -0.1) is 0 Å². The minimum Gasteiger partial charge on any atom is -0.348 e. The van der Waals surface area contributed by atoms with Crippen molar-refractivity contribution in [3.63, 3.8) is 0 Å². The van der Waals surface area contributed by atoms with E-state index in [1.54, 1.807) is 0 Å². The number of hydrogen-bond acceptors (Lipinski definition) is 3. The monoisotopic (exact) mass is 265 g/mol. The summed E-state index contributed by atoms with van der Waals surface area (Å²) in [5.74, 6) is 0.662. The molecule has 4 nitrogen and oxygen atoms in total. The largest absolute Gasteiger partial charge is 0.348 e. The van der Waals surface area contributed by atoms with Gasteiger partial charge in [0.15, 0.2) is 5.79 Å². The molecule has 0 aromatic carbocycles. The van der Waals surface area contributed by atoms with E-state index in [0.717, 1.165) is 58.3 Å². The Labute approximate surface area is 114 Å². The molecule has 0 N–H and O–H groups in total. The normalized spacial score (nSPS) is 41.2. The molecule has 0 aromatic rings. The van der Waals surface area contributed by atoms with Crippen LogP contribution in [0.25, 0.3) is 0 Å². The summed E-state index contributed by atoms with van der Waals surface area (Å²) in [6, 6.07) is 0. The smallest absolute Gasteiger partial charge is 0.223 e. The Morgan fingerprint density at radius 3 is 2.79 bits per heavy atom. The standard InChI is InChI=1S/C15H23NO3/c17-13-4-1-3-12-11-15(18-9-10-19-15)7-6-14(12)5-2-8-16(13)14/h12H,1-11H2/t12-,14+/m0/s1. The summed E-state index contributed by atoms with van der Waals surface area (Å²) in [6.45, 7) is 2.45. The molecule has 2 atom stereocenters. The van der Waals surface area contributed by atoms with Gasteiger partial charge in [0.2, 0.25) is 5.91 Å². The summed E-state index contributed by atoms with van der Waals surface area (Å²) >= 11 is 0. The average molecular weight is 265 g/mol. The molecule has 4 rings (SSSR count). The highest BCUT2D eigenvalue weighted by Gasteiger charge is 2.57. The van der Waals surface area contributed by atoms with Crippen molar-refractivity contribution in [1.29, 1.82) is 0 Å². The maximum atomic E-state index is 12.3. The van der Waals surface area contributed by atoms with E-state index in [2.05, 4.69) is 4.90 Å². The molecule has 106 valence electrons. The zero-order valence-electron chi connectivity index (χ0n) is 11.5. The van der Waals surface area contributed by atoms with Gasteiger partial charge in [0.25, 0.3) is 0 Å². The number of hydrogen-bond donors (Lipinski definition) is 0. The van der Waals surface area contributed by atoms with Gasteiger partial charge in [-0.3, -0.25) is 4.79 Å². The number of carbonyl (C=O) groups is 1. The molecule has 3 heterocycles. The van der Waals surface area contributed by atoms with Crippen LogP contribution in [0.5, 0.6) is 0 Å². The van der Waals surface area contributed by atoms with Crippen LogP contribution >= 0.6 is 0 Å². The van der Waals surface area contributed by atoms with Crippen LogP contribution < -0.4 is 0 Å². The van der Waals surface area contributed by atoms with Crippen LogP contribution in [0, 0.1) is 5.92 Å². The maximum absolute atomic E-state index is 12.3. The number of ether oxygens (including phenoxy) is 2. The lowest BCUT2D eigenvalue weighted by Crippen LogP contribution is -2.57. The van der Waals surface area contributed by atoms with E-state index in [1.807, 2.05) is 0 Å². The SMILES string of the molecule is O=C1CCC[C@H]2CC3(CC[C@]24CCCN14)OCCO3. The summed E-state index contributed by atoms with van der Waals surface area (Å²) in [6.07, 6.45) is 8.35. The molecule has 1 saturated carbocycles. The fourth-order valence-electron chi connectivity index (χ4n) is 5.00. The molecule has 4 heteroatoms. The Morgan fingerprint density at radius 1 is 1.11 bits per heavy atom. The van der Waals surface area contributed by atoms with Crippen molar-refractivity contribution in [1.82, 2.24) is 4.90 Å². The van der Waals surface area contributed by atoms with Gasteiger partial charge in [-0.25, -0.2) is 0 Å². The molecule has 4 aliphatic rings. The lowest BCUT2D eigenvalue weighted by molar-refractivity contribution is -0.208. The second-order valence-electron chi connectivity index (χ2n) is 6.65. The van der Waals surface area contributed by atoms with E-state index in [4.69, 9.17) is 9.47 Å². The number of amides is 1. The van der Waals surface area contributed by atoms with Crippen LogP contribution in [0.2, 0.25) is 0 Å². The van der Waals surface area contributed by atoms with Gasteiger partial charge in [-0.1, -0.05) is 0 Å². The van der Waals surface area contributed by atoms with Crippen LogP contribution in [-0.4, -0.2) is 41.9 Å². The second kappa shape index (κ2) is 4.19. The van der Waals surface area contributed by atoms with Crippen molar-refractivity contribution in [2.45, 2.75) is 62.7 Å². The molecule has 2 spiro atoms. The van der Waals surface area contributed by atoms with Gasteiger partial charge < -0.3 is 14.4 Å². The van der Waals surface area contributed by atoms with Crippen LogP contribution in [0.15, 0.2) is 0 Å². The third kappa shape index (κ3) is 1.69. The first-order chi connectivity index (χ1) is 9.24. The fourth-order valence-corrected chi connectivity index (χ4v) is 5.00. The molecule has 0 radical (unpaired) electrons. The summed E-state index contributed by atoms with van der Waals surface area (Å²) in [5, 5.41) is 0. The molecule has 0 bridgehead atoms. The van der Waals surface area contributed by atoms with Crippen molar-refractivity contribution in [3.05, 3.63) is 0 Å². The molecular formula is C15H23NO3. The minimum atomic E-state index is -0.308. The van der Waals surface area contributed by atoms with Crippen LogP contribution in [0.1, 0.15) is 51.4 Å². The lowest BCUT2D eigenvalue weighted by Gasteiger charge is -2.50. The predicted molar refractivity (Wildman–Crippen MR) is 69.5 cm³/mol. The van der Waals surface area contributed by atoms with Gasteiger partial charge >= 0.3 is 0 Å². The van der Waals surface area contributed by atoms with Crippen molar-refractivity contribution in [2.24, 2.45) is 5.92 Å². The molecule has 3 saturated heterocycles. The van der Waals surface area contributed by atoms with Crippen LogP contribution in [0.3, 0.4) is 0 Å². The van der Waals surface area contributed by atoms with Crippen molar-refractivity contribution in [2.75, 3.05) is 19.8 Å². The van der Waals surface area contributed by atoms with Crippen molar-refractivity contribution >= 4 is 5.91 Å². The molecule has 0 unspecified atom stereocenters. The van der Waals surface area contributed by atoms with Crippen molar-refractivity contribution < 1.29 is 14.3 Å². The number of rotatable bonds is 0. The van der Waals surface area contributed by atoms with E-state index in [-0.39, 0.29) is 11.3 Å². The first-order valence-electron chi connectivity index (χ1n) is 7.83. The Morgan fingerprint density at radius 2 is 1.95 bits per heavy atom. The first-order valence-corrected chi connectivity index (χ1v) is 7.83. The molecule has 1 aliphatic carbocycles. The van der Waals surface area contributed by atoms with E-state index in [1.165, 1.54) is 12.8 Å². The Bertz CT molecular complexity index is 391. The minimum absolute atomic E-state index is 0.147. The van der Waals surface area contributed by atoms with E-state index in [0.29, 0.717) is 11.8 Å². The molecule has 19 heavy (non-hydrogen) atoms. The summed E-state index contributed by atoms with van der Waals surface area (Å²) < 4.78 is 11.8. The van der Waals surface area contributed by atoms with Gasteiger partial charge in [0, 0.05) is 31.3 Å². The second-order valence-corrected chi connectivity index (χ2v) is 6.65. The van der Waals surface area contributed by atoms with E-state index < -0.39 is 0 Å². The highest BCUT2D eigenvalue weighted by Crippen LogP contribution is 2.53. The first kappa shape index (κ1) is 12.2. The Hall–Kier alpha value is -0.610. The summed E-state index contributed by atoms with van der Waals surface area (Å²) in [7, 11) is 0. The highest BCUT2D eigenvalue weighted by molar-refractivity contribution is 5.78. The zero-order chi connectivity index (χ0) is 12.9. The molecular weight excluding hydrogens is 242 g/mol. The van der Waals surface area contributed by atoms with Crippen molar-refractivity contribution in [3.8, 4) is 0 Å². The fraction of sp³-hybridized carbons (Fsp3) is 0.933. The maximum Gasteiger partial charge on any atom is 0.223 e. The Balaban J connectivity index is 1.65. The third-order valence-corrected chi connectivity index (χ3v) is 5.84. The van der Waals surface area contributed by atoms with Crippen LogP contribution in [-0.2, 0) is 14.3 Å². The van der Waals surface area contributed by atoms with E-state index >= 15 is 0 Å². The zero-order valence-corrected chi connectivity index (χ0v) is 11.5. The van der Waals surface area contributed by atoms with Crippen LogP contribution in [0.4, 0.5) is 0 Å². The topological polar surface area (TPSA) is 38.8 Å². The quantitative estimate of drug-likeness (QED) is 0.673. The van der Waals surface area contributed by atoms with Gasteiger partial charge in [-0.2, -0.15) is 0 Å². The Kier molecular flexibility index (Phi) is 2.68. The third-order valence-electron chi connectivity index (χ3n) is 5.84. The molecule has 1 amide bonds. The molecule has 4 fully saturated rings. The highest BCUT2D eigenvalue weighted by atomic mass is 16.7. The van der Waals surface area contributed by atoms with Gasteiger partial charge in [0.1, 0.15) is 0 Å². The lowest BCUT2D eigenvalue weighted by atomic mass is 9.67. The van der Waals surface area contributed by atoms with E-state index in [9.17, 15) is 4.79 Å². The summed E-state index contributed by atoms with van der Waals surface area (Å²) in [4.78, 5) is 14.6. The summed E-state index contributed by atoms with van der Waals surface area (Å²) in [5.41, 5.74) is 0.147. The number of carbonyl (C=O) groups excluding carboxylic acids is 1.